The summed E-state index contributed by atoms with van der Waals surface area (Å²) < 4.78 is 41.5. The Hall–Kier alpha value is -11.3. The minimum atomic E-state index is -0.447. The summed E-state index contributed by atoms with van der Waals surface area (Å²) in [6, 6.07) is 81.9. The summed E-state index contributed by atoms with van der Waals surface area (Å²) in [5.41, 5.74) is -1.34. The lowest BCUT2D eigenvalue weighted by molar-refractivity contribution is -0.144. The van der Waals surface area contributed by atoms with Gasteiger partial charge in [0.05, 0.1) is 34.0 Å². The third-order valence-corrected chi connectivity index (χ3v) is 19.1. The van der Waals surface area contributed by atoms with Gasteiger partial charge in [0.25, 0.3) is 0 Å². The molecule has 20 heteroatoms. The molecular formula is C103H138O20. The van der Waals surface area contributed by atoms with E-state index in [0.29, 0.717) is 34.5 Å². The minimum absolute atomic E-state index is 0.0611. The molecule has 0 saturated carbocycles. The fraction of sp³-hybridized carbons (Fsp3) is 0.359. The van der Waals surface area contributed by atoms with E-state index in [4.69, 9.17) is 59.1 Å². The van der Waals surface area contributed by atoms with Crippen LogP contribution in [0.4, 0.5) is 0 Å². The van der Waals surface area contributed by atoms with Crippen molar-refractivity contribution in [2.75, 3.05) is 71.1 Å². The molecule has 0 amide bonds. The number of aliphatic hydroxyl groups excluding tert-OH is 6. The Kier molecular flexibility index (Phi) is 59.7. The van der Waals surface area contributed by atoms with Crippen molar-refractivity contribution in [2.45, 2.75) is 142 Å². The van der Waals surface area contributed by atoms with Crippen molar-refractivity contribution in [3.8, 4) is 34.5 Å². The van der Waals surface area contributed by atoms with Crippen molar-refractivity contribution in [1.82, 2.24) is 0 Å². The van der Waals surface area contributed by atoms with Crippen molar-refractivity contribution in [1.29, 1.82) is 0 Å². The van der Waals surface area contributed by atoms with Gasteiger partial charge < -0.3 is 68.5 Å². The molecule has 12 aromatic rings. The van der Waals surface area contributed by atoms with E-state index in [1.165, 1.54) is 0 Å². The van der Waals surface area contributed by atoms with Gasteiger partial charge in [-0.2, -0.15) is 0 Å². The summed E-state index contributed by atoms with van der Waals surface area (Å²) in [5, 5.41) is 54.3. The van der Waals surface area contributed by atoms with Crippen LogP contribution in [-0.4, -0.2) is 138 Å². The zero-order valence-corrected chi connectivity index (χ0v) is 77.1. The molecule has 670 valence electrons. The molecule has 3 atom stereocenters. The highest BCUT2D eigenvalue weighted by Gasteiger charge is 2.30. The van der Waals surface area contributed by atoms with E-state index in [1.807, 2.05) is 359 Å². The molecule has 12 aromatic carbocycles. The predicted molar refractivity (Wildman–Crippen MR) is 503 cm³/mol. The van der Waals surface area contributed by atoms with Crippen LogP contribution >= 0.6 is 0 Å². The molecular weight excluding hydrogens is 1560 g/mol. The van der Waals surface area contributed by atoms with Crippen LogP contribution in [0.25, 0.3) is 64.6 Å². The Morgan fingerprint density at radius 3 is 0.504 bits per heavy atom. The van der Waals surface area contributed by atoms with Gasteiger partial charge in [-0.1, -0.05) is 281 Å². The third-order valence-electron chi connectivity index (χ3n) is 19.1. The number of esters is 6. The summed E-state index contributed by atoms with van der Waals surface area (Å²) in [4.78, 5) is 71.6. The lowest BCUT2D eigenvalue weighted by atomic mass is 9.90. The number of carbonyl (C=O) groups excluding carboxylic acids is 6. The molecule has 20 nitrogen and oxygen atoms in total. The van der Waals surface area contributed by atoms with Crippen molar-refractivity contribution in [3.05, 3.63) is 255 Å². The van der Waals surface area contributed by atoms with Crippen molar-refractivity contribution in [3.63, 3.8) is 0 Å². The van der Waals surface area contributed by atoms with Gasteiger partial charge in [-0.05, 0) is 149 Å². The number of methoxy groups -OCH3 is 2. The second kappa shape index (κ2) is 64.5. The number of benzene rings is 12. The number of fused-ring (bicyclic) bond motifs is 6. The SMILES string of the molecule is CCC(C)(C)C(=O)Oc1cccc2ccccc12.CCC(C)(C)C(=O)Oc1cccc2ccccc12.CCC(C)(C)C(=O)Oc1cccc2ccccc12.CCC(C)C(=O)Oc1cccc2ccccc12.CCC(C)C(=O)Oc1cccc2ccccc12.CCC(C)C(=O)Oc1cccc2ccccc12.CO.CO.CO.CO.CO.CO.COC.COC. The van der Waals surface area contributed by atoms with Gasteiger partial charge in [-0.3, -0.25) is 28.8 Å². The van der Waals surface area contributed by atoms with Gasteiger partial charge in [0, 0.05) is 103 Å². The Morgan fingerprint density at radius 1 is 0.236 bits per heavy atom. The first-order valence-electron chi connectivity index (χ1n) is 40.8. The van der Waals surface area contributed by atoms with Crippen LogP contribution in [-0.2, 0) is 38.2 Å². The largest absolute Gasteiger partial charge is 0.426 e. The Morgan fingerprint density at radius 2 is 0.366 bits per heavy atom. The summed E-state index contributed by atoms with van der Waals surface area (Å²) in [7, 11) is 12.5. The Labute approximate surface area is 730 Å². The first-order valence-corrected chi connectivity index (χ1v) is 40.8. The first kappa shape index (κ1) is 114. The van der Waals surface area contributed by atoms with Crippen LogP contribution in [0.3, 0.4) is 0 Å². The third kappa shape index (κ3) is 38.8. The maximum Gasteiger partial charge on any atom is 0.316 e. The molecule has 12 rings (SSSR count). The van der Waals surface area contributed by atoms with Crippen molar-refractivity contribution in [2.24, 2.45) is 34.0 Å². The maximum absolute atomic E-state index is 12.1. The van der Waals surface area contributed by atoms with E-state index in [0.717, 1.165) is 146 Å². The first-order chi connectivity index (χ1) is 59.1. The number of hydrogen-bond acceptors (Lipinski definition) is 20. The second-order valence-corrected chi connectivity index (χ2v) is 28.8. The van der Waals surface area contributed by atoms with Gasteiger partial charge in [0.1, 0.15) is 34.5 Å². The molecule has 0 bridgehead atoms. The Balaban J connectivity index is 0. The fourth-order valence-corrected chi connectivity index (χ4v) is 9.98. The average molecular weight is 1700 g/mol. The molecule has 0 aliphatic carbocycles. The predicted octanol–water partition coefficient (Wildman–Crippen LogP) is 22.1. The smallest absolute Gasteiger partial charge is 0.316 e. The maximum atomic E-state index is 12.1. The molecule has 0 aromatic heterocycles. The van der Waals surface area contributed by atoms with E-state index < -0.39 is 16.2 Å². The molecule has 0 heterocycles. The van der Waals surface area contributed by atoms with Crippen molar-refractivity contribution < 1.29 is 97.3 Å². The number of ether oxygens (including phenoxy) is 8. The van der Waals surface area contributed by atoms with Crippen LogP contribution in [0.1, 0.15) is 142 Å². The molecule has 3 unspecified atom stereocenters. The molecule has 0 aliphatic heterocycles. The van der Waals surface area contributed by atoms with Crippen LogP contribution in [0.15, 0.2) is 255 Å². The number of hydrogen-bond donors (Lipinski definition) is 6. The van der Waals surface area contributed by atoms with Crippen molar-refractivity contribution >= 4 is 100 Å². The highest BCUT2D eigenvalue weighted by atomic mass is 16.6. The van der Waals surface area contributed by atoms with Gasteiger partial charge in [0.2, 0.25) is 0 Å². The molecule has 0 spiro atoms. The lowest BCUT2D eigenvalue weighted by Crippen LogP contribution is -2.28. The zero-order chi connectivity index (χ0) is 93.7. The zero-order valence-electron chi connectivity index (χ0n) is 77.1. The monoisotopic (exact) mass is 1690 g/mol. The molecule has 0 fully saturated rings. The number of aliphatic hydroxyl groups is 6. The minimum Gasteiger partial charge on any atom is -0.426 e. The van der Waals surface area contributed by atoms with E-state index in [1.54, 1.807) is 28.4 Å². The van der Waals surface area contributed by atoms with Crippen LogP contribution in [0.2, 0.25) is 0 Å². The summed E-state index contributed by atoms with van der Waals surface area (Å²) in [5.74, 6) is 2.64. The number of rotatable bonds is 18. The fourth-order valence-electron chi connectivity index (χ4n) is 9.98. The normalized spacial score (nSPS) is 10.8. The van der Waals surface area contributed by atoms with Gasteiger partial charge >= 0.3 is 35.8 Å². The molecule has 0 aliphatic rings. The van der Waals surface area contributed by atoms with Gasteiger partial charge in [-0.25, -0.2) is 0 Å². The summed E-state index contributed by atoms with van der Waals surface area (Å²) in [6.07, 6.45) is 4.67. The summed E-state index contributed by atoms with van der Waals surface area (Å²) in [6.45, 7) is 29.0. The standard InChI is InChI=1S/3C16H18O2.3C15H16O2.2C2H6O.6CH4O/c3*1-4-16(2,3)15(17)18-14-11-7-9-12-8-5-6-10-13(12)14;3*1-3-11(2)15(16)17-14-10-6-8-12-7-4-5-9-13(12)14;2*1-3-2;6*1-2/h3*5-11H,4H2,1-3H3;3*4-11H,3H2,1-2H3;2*1-2H3;6*2H,1H3. The topological polar surface area (TPSA) is 298 Å². The highest BCUT2D eigenvalue weighted by molar-refractivity contribution is 5.96. The number of carbonyl (C=O) groups is 6. The van der Waals surface area contributed by atoms with Crippen LogP contribution in [0.5, 0.6) is 34.5 Å². The lowest BCUT2D eigenvalue weighted by Gasteiger charge is -2.20. The highest BCUT2D eigenvalue weighted by Crippen LogP contribution is 2.34. The quantitative estimate of drug-likeness (QED) is 0.0344. The van der Waals surface area contributed by atoms with E-state index in [-0.39, 0.29) is 53.6 Å². The molecule has 6 N–H and O–H groups in total. The molecule has 0 radical (unpaired) electrons. The van der Waals surface area contributed by atoms with E-state index in [9.17, 15) is 28.8 Å². The van der Waals surface area contributed by atoms with Crippen LogP contribution < -0.4 is 28.4 Å². The second-order valence-electron chi connectivity index (χ2n) is 28.8. The molecule has 123 heavy (non-hydrogen) atoms. The van der Waals surface area contributed by atoms with Gasteiger partial charge in [-0.15, -0.1) is 0 Å². The van der Waals surface area contributed by atoms with Gasteiger partial charge in [0.15, 0.2) is 0 Å². The summed E-state index contributed by atoms with van der Waals surface area (Å²) >= 11 is 0. The van der Waals surface area contributed by atoms with E-state index in [2.05, 4.69) is 9.47 Å². The van der Waals surface area contributed by atoms with E-state index >= 15 is 0 Å². The average Bonchev–Trinajstić information content (AvgIpc) is 0.843. The van der Waals surface area contributed by atoms with Crippen LogP contribution in [0, 0.1) is 34.0 Å². The molecule has 0 saturated heterocycles. The Bertz CT molecular complexity index is 4430.